The summed E-state index contributed by atoms with van der Waals surface area (Å²) in [7, 11) is -1.78. The maximum absolute atomic E-state index is 2.30. The van der Waals surface area contributed by atoms with Crippen molar-refractivity contribution in [3.8, 4) is 0 Å². The van der Waals surface area contributed by atoms with Crippen molar-refractivity contribution >= 4 is 23.2 Å². The highest BCUT2D eigenvalue weighted by atomic mass is 35.5. The van der Waals surface area contributed by atoms with Gasteiger partial charge in [-0.05, 0) is 42.0 Å². The lowest BCUT2D eigenvalue weighted by molar-refractivity contribution is -0.00000503. The Bertz CT molecular complexity index is 848. The summed E-state index contributed by atoms with van der Waals surface area (Å²) in [5, 5.41) is 4.30. The van der Waals surface area contributed by atoms with E-state index in [1.165, 1.54) is 21.5 Å². The maximum Gasteiger partial charge on any atom is 1.00 e. The number of halogens is 1. The summed E-state index contributed by atoms with van der Waals surface area (Å²) in [6.45, 7) is 0. The van der Waals surface area contributed by atoms with Crippen molar-refractivity contribution < 1.29 is 13.8 Å². The molecule has 0 aliphatic heterocycles. The van der Waals surface area contributed by atoms with Crippen molar-refractivity contribution in [1.29, 1.82) is 0 Å². The zero-order valence-electron chi connectivity index (χ0n) is 16.1. The van der Waals surface area contributed by atoms with Crippen LogP contribution < -0.4 is 28.3 Å². The molecule has 0 unspecified atom stereocenters. The van der Waals surface area contributed by atoms with Crippen LogP contribution in [0.1, 0.15) is 6.99 Å². The second kappa shape index (κ2) is 9.00. The molecule has 0 saturated heterocycles. The average Bonchev–Trinajstić information content (AvgIpc) is 2.75. The summed E-state index contributed by atoms with van der Waals surface area (Å²) >= 11 is 0. The van der Waals surface area contributed by atoms with Gasteiger partial charge < -0.3 is 12.4 Å². The van der Waals surface area contributed by atoms with Gasteiger partial charge in [-0.1, -0.05) is 84.9 Å². The quantitative estimate of drug-likeness (QED) is 0.459. The summed E-state index contributed by atoms with van der Waals surface area (Å²) < 4.78 is 0. The fourth-order valence-corrected chi connectivity index (χ4v) is 7.87. The second-order valence-corrected chi connectivity index (χ2v) is 9.95. The van der Waals surface area contributed by atoms with Crippen LogP contribution in [-0.4, -0.2) is 0 Å². The predicted octanol–water partition coefficient (Wildman–Crippen LogP) is 2.30. The first-order chi connectivity index (χ1) is 12.9. The Hall–Kier alpha value is -2.40. The van der Waals surface area contributed by atoms with E-state index in [9.17, 15) is 0 Å². The molecule has 0 saturated carbocycles. The molecule has 0 bridgehead atoms. The van der Waals surface area contributed by atoms with Gasteiger partial charge >= 0.3 is 1.43 Å². The first kappa shape index (κ1) is 19.4. The normalized spacial score (nSPS) is 10.8. The molecule has 27 heavy (non-hydrogen) atoms. The Morgan fingerprint density at radius 1 is 0.444 bits per heavy atom. The van der Waals surface area contributed by atoms with Gasteiger partial charge in [0.05, 0.1) is 6.16 Å². The van der Waals surface area contributed by atoms with E-state index in [2.05, 4.69) is 121 Å². The van der Waals surface area contributed by atoms with Gasteiger partial charge in [0.25, 0.3) is 0 Å². The summed E-state index contributed by atoms with van der Waals surface area (Å²) in [6.07, 6.45) is 1.03. The van der Waals surface area contributed by atoms with E-state index in [1.54, 1.807) is 0 Å². The fraction of sp³-hybridized carbons (Fsp3) is 0.0400. The minimum atomic E-state index is -1.78. The van der Waals surface area contributed by atoms with E-state index in [0.717, 1.165) is 6.16 Å². The van der Waals surface area contributed by atoms with Crippen LogP contribution in [-0.2, 0) is 6.16 Å². The Balaban J connectivity index is 0.00000140. The lowest BCUT2D eigenvalue weighted by atomic mass is 10.2. The first-order valence-corrected chi connectivity index (χ1v) is 11.0. The molecule has 0 spiro atoms. The molecule has 0 radical (unpaired) electrons. The molecule has 0 amide bonds. The van der Waals surface area contributed by atoms with Crippen molar-refractivity contribution in [2.45, 2.75) is 6.16 Å². The zero-order chi connectivity index (χ0) is 17.7. The smallest absolute Gasteiger partial charge is 1.00 e. The van der Waals surface area contributed by atoms with E-state index < -0.39 is 7.26 Å². The molecule has 0 N–H and O–H groups in total. The Labute approximate surface area is 170 Å². The van der Waals surface area contributed by atoms with Gasteiger partial charge in [0.1, 0.15) is 23.2 Å². The monoisotopic (exact) mass is 389 g/mol. The molecule has 0 aromatic heterocycles. The predicted molar refractivity (Wildman–Crippen MR) is 116 cm³/mol. The molecule has 2 heteroatoms. The third-order valence-corrected chi connectivity index (χ3v) is 9.23. The molecule has 4 aromatic rings. The molecular formula is C25H23ClP+. The van der Waals surface area contributed by atoms with E-state index in [1.807, 2.05) is 0 Å². The fourth-order valence-electron chi connectivity index (χ4n) is 3.63. The van der Waals surface area contributed by atoms with Gasteiger partial charge in [0.2, 0.25) is 0 Å². The third kappa shape index (κ3) is 3.98. The molecule has 0 fully saturated rings. The lowest BCUT2D eigenvalue weighted by Crippen LogP contribution is -3.00. The van der Waals surface area contributed by atoms with Gasteiger partial charge in [-0.2, -0.15) is 0 Å². The van der Waals surface area contributed by atoms with Crippen molar-refractivity contribution in [3.63, 3.8) is 0 Å². The second-order valence-electron chi connectivity index (χ2n) is 6.46. The summed E-state index contributed by atoms with van der Waals surface area (Å²) in [5.41, 5.74) is 1.39. The molecule has 0 aliphatic carbocycles. The van der Waals surface area contributed by atoms with Crippen LogP contribution in [0.5, 0.6) is 0 Å². The Morgan fingerprint density at radius 3 is 1.07 bits per heavy atom. The topological polar surface area (TPSA) is 0 Å². The SMILES string of the molecule is [Cl-].[H+].c1ccc(C[P+](c2ccccc2)(c2ccccc2)c2ccccc2)cc1. The van der Waals surface area contributed by atoms with Crippen LogP contribution in [0.4, 0.5) is 0 Å². The van der Waals surface area contributed by atoms with Gasteiger partial charge in [0, 0.05) is 0 Å². The summed E-state index contributed by atoms with van der Waals surface area (Å²) in [5.74, 6) is 0. The van der Waals surface area contributed by atoms with Gasteiger partial charge in [-0.3, -0.25) is 0 Å². The molecule has 0 nitrogen and oxygen atoms in total. The van der Waals surface area contributed by atoms with Crippen LogP contribution in [0.2, 0.25) is 0 Å². The van der Waals surface area contributed by atoms with Gasteiger partial charge in [0.15, 0.2) is 0 Å². The Kier molecular flexibility index (Phi) is 6.45. The number of hydrogen-bond donors (Lipinski definition) is 0. The van der Waals surface area contributed by atoms with Crippen LogP contribution in [0, 0.1) is 0 Å². The molecular weight excluding hydrogens is 367 g/mol. The highest BCUT2D eigenvalue weighted by Crippen LogP contribution is 2.58. The highest BCUT2D eigenvalue weighted by Gasteiger charge is 2.45. The minimum absolute atomic E-state index is 0. The highest BCUT2D eigenvalue weighted by molar-refractivity contribution is 7.95. The van der Waals surface area contributed by atoms with Crippen LogP contribution in [0.25, 0.3) is 0 Å². The van der Waals surface area contributed by atoms with Gasteiger partial charge in [-0.15, -0.1) is 0 Å². The zero-order valence-corrected chi connectivity index (χ0v) is 16.7. The van der Waals surface area contributed by atoms with E-state index >= 15 is 0 Å². The number of benzene rings is 4. The number of hydrogen-bond acceptors (Lipinski definition) is 0. The molecule has 0 heterocycles. The van der Waals surface area contributed by atoms with E-state index in [0.29, 0.717) is 0 Å². The van der Waals surface area contributed by atoms with Crippen LogP contribution in [0.15, 0.2) is 121 Å². The largest absolute Gasteiger partial charge is 1.00 e. The van der Waals surface area contributed by atoms with Gasteiger partial charge in [-0.25, -0.2) is 0 Å². The van der Waals surface area contributed by atoms with Crippen molar-refractivity contribution in [1.82, 2.24) is 0 Å². The summed E-state index contributed by atoms with van der Waals surface area (Å²) in [4.78, 5) is 0. The van der Waals surface area contributed by atoms with E-state index in [-0.39, 0.29) is 13.8 Å². The molecule has 0 aliphatic rings. The standard InChI is InChI=1S/C25H22P.ClH/c1-5-13-22(14-6-1)21-26(23-15-7-2-8-16-23,24-17-9-3-10-18-24)25-19-11-4-12-20-25;/h1-20H,21H2;1H/q+1;. The molecule has 4 rings (SSSR count). The van der Waals surface area contributed by atoms with Crippen LogP contribution in [0.3, 0.4) is 0 Å². The Morgan fingerprint density at radius 2 is 0.741 bits per heavy atom. The van der Waals surface area contributed by atoms with E-state index in [4.69, 9.17) is 0 Å². The minimum Gasteiger partial charge on any atom is -1.00 e. The van der Waals surface area contributed by atoms with Crippen molar-refractivity contribution in [3.05, 3.63) is 127 Å². The number of rotatable bonds is 5. The van der Waals surface area contributed by atoms with Crippen molar-refractivity contribution in [2.24, 2.45) is 0 Å². The van der Waals surface area contributed by atoms with Crippen LogP contribution >= 0.6 is 7.26 Å². The summed E-state index contributed by atoms with van der Waals surface area (Å²) in [6, 6.07) is 44.0. The molecule has 0 atom stereocenters. The average molecular weight is 390 g/mol. The first-order valence-electron chi connectivity index (χ1n) is 8.98. The maximum atomic E-state index is 2.30. The molecule has 134 valence electrons. The van der Waals surface area contributed by atoms with Crippen molar-refractivity contribution in [2.75, 3.05) is 0 Å². The molecule has 4 aromatic carbocycles. The third-order valence-electron chi connectivity index (χ3n) is 4.85. The lowest BCUT2D eigenvalue weighted by Gasteiger charge is -2.27.